The van der Waals surface area contributed by atoms with Gasteiger partial charge < -0.3 is 15.4 Å². The summed E-state index contributed by atoms with van der Waals surface area (Å²) >= 11 is 1.71. The first-order valence-corrected chi connectivity index (χ1v) is 8.98. The fourth-order valence-corrected chi connectivity index (χ4v) is 3.62. The van der Waals surface area contributed by atoms with Gasteiger partial charge in [-0.3, -0.25) is 4.99 Å². The maximum Gasteiger partial charge on any atom is 0.191 e. The fourth-order valence-electron chi connectivity index (χ4n) is 2.89. The number of nitrogens with zero attached hydrogens (tertiary/aromatic N) is 2. The van der Waals surface area contributed by atoms with Crippen LogP contribution in [-0.2, 0) is 12.0 Å². The predicted octanol–water partition coefficient (Wildman–Crippen LogP) is 3.47. The van der Waals surface area contributed by atoms with Crippen LogP contribution in [0.15, 0.2) is 35.5 Å². The van der Waals surface area contributed by atoms with E-state index in [1.54, 1.807) is 25.5 Å². The van der Waals surface area contributed by atoms with Crippen LogP contribution >= 0.6 is 35.3 Å². The molecular formula is C18H25IN4OS. The summed E-state index contributed by atoms with van der Waals surface area (Å²) in [5.74, 6) is 1.78. The molecule has 0 amide bonds. The first kappa shape index (κ1) is 20.0. The van der Waals surface area contributed by atoms with Gasteiger partial charge in [0.25, 0.3) is 0 Å². The van der Waals surface area contributed by atoms with E-state index in [9.17, 15) is 0 Å². The summed E-state index contributed by atoms with van der Waals surface area (Å²) < 4.78 is 5.53. The molecule has 0 saturated heterocycles. The minimum Gasteiger partial charge on any atom is -0.496 e. The normalized spacial score (nSPS) is 15.2. The molecule has 0 aliphatic heterocycles. The third kappa shape index (κ3) is 4.84. The third-order valence-electron chi connectivity index (χ3n) is 4.43. The maximum atomic E-state index is 5.53. The molecular weight excluding hydrogens is 447 g/mol. The second-order valence-electron chi connectivity index (χ2n) is 6.12. The van der Waals surface area contributed by atoms with Gasteiger partial charge in [-0.2, -0.15) is 0 Å². The average Bonchev–Trinajstić information content (AvgIpc) is 3.29. The topological polar surface area (TPSA) is 58.5 Å². The van der Waals surface area contributed by atoms with Crippen molar-refractivity contribution in [3.8, 4) is 5.75 Å². The van der Waals surface area contributed by atoms with E-state index in [0.717, 1.165) is 23.3 Å². The Kier molecular flexibility index (Phi) is 7.06. The Morgan fingerprint density at radius 1 is 1.32 bits per heavy atom. The zero-order valence-electron chi connectivity index (χ0n) is 14.8. The van der Waals surface area contributed by atoms with Gasteiger partial charge in [-0.1, -0.05) is 18.2 Å². The Balaban J connectivity index is 0.00000225. The number of para-hydroxylation sites is 1. The monoisotopic (exact) mass is 472 g/mol. The number of ether oxygens (including phenoxy) is 1. The van der Waals surface area contributed by atoms with Crippen LogP contribution in [-0.4, -0.2) is 31.6 Å². The summed E-state index contributed by atoms with van der Waals surface area (Å²) in [6.07, 6.45) is 4.24. The Labute approximate surface area is 170 Å². The molecule has 2 aromatic rings. The highest BCUT2D eigenvalue weighted by atomic mass is 127. The molecule has 0 radical (unpaired) electrons. The molecule has 1 fully saturated rings. The van der Waals surface area contributed by atoms with E-state index in [0.29, 0.717) is 6.54 Å². The van der Waals surface area contributed by atoms with Crippen molar-refractivity contribution >= 4 is 41.3 Å². The van der Waals surface area contributed by atoms with Gasteiger partial charge >= 0.3 is 0 Å². The highest BCUT2D eigenvalue weighted by Gasteiger charge is 2.46. The van der Waals surface area contributed by atoms with E-state index >= 15 is 0 Å². The van der Waals surface area contributed by atoms with E-state index in [2.05, 4.69) is 39.7 Å². The molecule has 7 heteroatoms. The standard InChI is InChI=1S/C18H24N4OS.HI/c1-13-10-20-16(24-13)11-21-17(19-2)22-12-18(8-9-18)14-6-4-5-7-15(14)23-3;/h4-7,10H,8-9,11-12H2,1-3H3,(H2,19,21,22);1H. The van der Waals surface area contributed by atoms with Crippen LogP contribution < -0.4 is 15.4 Å². The van der Waals surface area contributed by atoms with E-state index in [-0.39, 0.29) is 29.4 Å². The van der Waals surface area contributed by atoms with Crippen LogP contribution in [0.4, 0.5) is 0 Å². The fraction of sp³-hybridized carbons (Fsp3) is 0.444. The number of halogens is 1. The summed E-state index contributed by atoms with van der Waals surface area (Å²) in [5, 5.41) is 7.86. The van der Waals surface area contributed by atoms with Gasteiger partial charge in [0.1, 0.15) is 10.8 Å². The quantitative estimate of drug-likeness (QED) is 0.384. The summed E-state index contributed by atoms with van der Waals surface area (Å²) in [4.78, 5) is 9.91. The number of aryl methyl sites for hydroxylation is 1. The molecule has 25 heavy (non-hydrogen) atoms. The Morgan fingerprint density at radius 3 is 2.68 bits per heavy atom. The van der Waals surface area contributed by atoms with E-state index in [4.69, 9.17) is 4.74 Å². The van der Waals surface area contributed by atoms with Crippen molar-refractivity contribution in [2.45, 2.75) is 31.7 Å². The van der Waals surface area contributed by atoms with E-state index < -0.39 is 0 Å². The lowest BCUT2D eigenvalue weighted by molar-refractivity contribution is 0.403. The van der Waals surface area contributed by atoms with Crippen LogP contribution in [0.2, 0.25) is 0 Å². The number of hydrogen-bond donors (Lipinski definition) is 2. The molecule has 5 nitrogen and oxygen atoms in total. The van der Waals surface area contributed by atoms with Crippen molar-refractivity contribution in [3.63, 3.8) is 0 Å². The molecule has 0 bridgehead atoms. The first-order chi connectivity index (χ1) is 11.7. The number of rotatable bonds is 6. The third-order valence-corrected chi connectivity index (χ3v) is 5.34. The average molecular weight is 472 g/mol. The van der Waals surface area contributed by atoms with Crippen molar-refractivity contribution in [2.75, 3.05) is 20.7 Å². The highest BCUT2D eigenvalue weighted by Crippen LogP contribution is 2.50. The van der Waals surface area contributed by atoms with Crippen LogP contribution in [0.1, 0.15) is 28.3 Å². The molecule has 1 aliphatic carbocycles. The lowest BCUT2D eigenvalue weighted by atomic mass is 9.95. The van der Waals surface area contributed by atoms with Gasteiger partial charge in [0.05, 0.1) is 13.7 Å². The minimum atomic E-state index is 0. The van der Waals surface area contributed by atoms with Gasteiger partial charge in [0, 0.05) is 35.6 Å². The number of benzene rings is 1. The van der Waals surface area contributed by atoms with Crippen LogP contribution in [0.5, 0.6) is 5.75 Å². The van der Waals surface area contributed by atoms with Gasteiger partial charge in [0.2, 0.25) is 0 Å². The van der Waals surface area contributed by atoms with Crippen LogP contribution in [0.25, 0.3) is 0 Å². The Bertz CT molecular complexity index is 727. The number of hydrogen-bond acceptors (Lipinski definition) is 4. The number of methoxy groups -OCH3 is 1. The van der Waals surface area contributed by atoms with Crippen molar-refractivity contribution in [1.29, 1.82) is 0 Å². The second-order valence-corrected chi connectivity index (χ2v) is 7.44. The Hall–Kier alpha value is -1.35. The Morgan fingerprint density at radius 2 is 2.08 bits per heavy atom. The van der Waals surface area contributed by atoms with E-state index in [1.165, 1.54) is 23.3 Å². The van der Waals surface area contributed by atoms with Gasteiger partial charge in [0.15, 0.2) is 5.96 Å². The number of guanidine groups is 1. The van der Waals surface area contributed by atoms with Crippen molar-refractivity contribution in [2.24, 2.45) is 4.99 Å². The molecule has 0 atom stereocenters. The maximum absolute atomic E-state index is 5.53. The smallest absolute Gasteiger partial charge is 0.191 e. The largest absolute Gasteiger partial charge is 0.496 e. The van der Waals surface area contributed by atoms with Gasteiger partial charge in [-0.25, -0.2) is 4.98 Å². The molecule has 1 aromatic carbocycles. The van der Waals surface area contributed by atoms with Crippen LogP contribution in [0, 0.1) is 6.92 Å². The molecule has 1 heterocycles. The highest BCUT2D eigenvalue weighted by molar-refractivity contribution is 14.0. The zero-order valence-corrected chi connectivity index (χ0v) is 18.0. The SMILES string of the molecule is CN=C(NCc1ncc(C)s1)NCC1(c2ccccc2OC)CC1.I. The molecule has 2 N–H and O–H groups in total. The molecule has 1 aromatic heterocycles. The van der Waals surface area contributed by atoms with Gasteiger partial charge in [-0.05, 0) is 25.8 Å². The number of aromatic nitrogens is 1. The molecule has 3 rings (SSSR count). The lowest BCUT2D eigenvalue weighted by Crippen LogP contribution is -2.41. The van der Waals surface area contributed by atoms with Crippen molar-refractivity contribution in [1.82, 2.24) is 15.6 Å². The van der Waals surface area contributed by atoms with Crippen molar-refractivity contribution in [3.05, 3.63) is 45.9 Å². The molecule has 0 spiro atoms. The van der Waals surface area contributed by atoms with E-state index in [1.807, 2.05) is 18.3 Å². The minimum absolute atomic E-state index is 0. The summed E-state index contributed by atoms with van der Waals surface area (Å²) in [7, 11) is 3.53. The first-order valence-electron chi connectivity index (χ1n) is 8.16. The summed E-state index contributed by atoms with van der Waals surface area (Å²) in [6.45, 7) is 3.61. The lowest BCUT2D eigenvalue weighted by Gasteiger charge is -2.21. The zero-order chi connectivity index (χ0) is 17.0. The summed E-state index contributed by atoms with van der Waals surface area (Å²) in [5.41, 5.74) is 1.44. The van der Waals surface area contributed by atoms with Crippen molar-refractivity contribution < 1.29 is 4.74 Å². The molecule has 0 unspecified atom stereocenters. The number of thiazole rings is 1. The molecule has 1 saturated carbocycles. The summed E-state index contributed by atoms with van der Waals surface area (Å²) in [6, 6.07) is 8.30. The molecule has 136 valence electrons. The number of nitrogens with one attached hydrogen (secondary N) is 2. The molecule has 1 aliphatic rings. The van der Waals surface area contributed by atoms with Crippen LogP contribution in [0.3, 0.4) is 0 Å². The predicted molar refractivity (Wildman–Crippen MR) is 114 cm³/mol. The second kappa shape index (κ2) is 8.84. The number of aliphatic imine (C=N–C) groups is 1. The van der Waals surface area contributed by atoms with Gasteiger partial charge in [-0.15, -0.1) is 35.3 Å².